The van der Waals surface area contributed by atoms with Crippen LogP contribution >= 0.6 is 0 Å². The number of nitrogens with zero attached hydrogens (tertiary/aromatic N) is 4. The van der Waals surface area contributed by atoms with E-state index in [0.29, 0.717) is 12.1 Å². The van der Waals surface area contributed by atoms with Crippen molar-refractivity contribution in [1.82, 2.24) is 19.5 Å². The predicted molar refractivity (Wildman–Crippen MR) is 77.2 cm³/mol. The Morgan fingerprint density at radius 2 is 2.20 bits per heavy atom. The third-order valence-electron chi connectivity index (χ3n) is 4.72. The lowest BCUT2D eigenvalue weighted by Gasteiger charge is -2.33. The molecule has 2 N–H and O–H groups in total. The van der Waals surface area contributed by atoms with Crippen LogP contribution in [0.25, 0.3) is 5.65 Å². The second-order valence-electron chi connectivity index (χ2n) is 6.27. The minimum absolute atomic E-state index is 0.377. The summed E-state index contributed by atoms with van der Waals surface area (Å²) in [5.41, 5.74) is 10.8. The van der Waals surface area contributed by atoms with Gasteiger partial charge in [-0.2, -0.15) is 5.10 Å². The summed E-state index contributed by atoms with van der Waals surface area (Å²) in [4.78, 5) is 7.07. The van der Waals surface area contributed by atoms with Crippen LogP contribution in [0.3, 0.4) is 0 Å². The van der Waals surface area contributed by atoms with E-state index in [2.05, 4.69) is 15.0 Å². The van der Waals surface area contributed by atoms with Crippen molar-refractivity contribution in [2.45, 2.75) is 57.8 Å². The van der Waals surface area contributed by atoms with Gasteiger partial charge in [0, 0.05) is 43.0 Å². The Kier molecular flexibility index (Phi) is 2.79. The average Bonchev–Trinajstić information content (AvgIpc) is 3.00. The lowest BCUT2D eigenvalue weighted by Crippen LogP contribution is -2.40. The molecule has 0 saturated heterocycles. The molecule has 106 valence electrons. The van der Waals surface area contributed by atoms with Gasteiger partial charge < -0.3 is 5.73 Å². The first-order valence-corrected chi connectivity index (χ1v) is 7.53. The molecule has 2 aromatic rings. The zero-order valence-electron chi connectivity index (χ0n) is 11.9. The first-order chi connectivity index (χ1) is 9.70. The van der Waals surface area contributed by atoms with Crippen LogP contribution in [0.15, 0.2) is 12.3 Å². The van der Waals surface area contributed by atoms with Gasteiger partial charge in [0.2, 0.25) is 0 Å². The fourth-order valence-corrected chi connectivity index (χ4v) is 3.69. The van der Waals surface area contributed by atoms with Crippen LogP contribution in [0.1, 0.15) is 42.6 Å². The third kappa shape index (κ3) is 1.93. The highest BCUT2D eigenvalue weighted by Crippen LogP contribution is 2.30. The summed E-state index contributed by atoms with van der Waals surface area (Å²) in [5.74, 6) is 0. The molecule has 20 heavy (non-hydrogen) atoms. The van der Waals surface area contributed by atoms with Crippen molar-refractivity contribution in [2.24, 2.45) is 5.73 Å². The van der Waals surface area contributed by atoms with E-state index in [-0.39, 0.29) is 0 Å². The molecule has 5 nitrogen and oxygen atoms in total. The van der Waals surface area contributed by atoms with Gasteiger partial charge in [-0.1, -0.05) is 6.42 Å². The van der Waals surface area contributed by atoms with E-state index in [1.54, 1.807) is 0 Å². The van der Waals surface area contributed by atoms with Crippen LogP contribution in [0.5, 0.6) is 0 Å². The molecule has 3 heterocycles. The summed E-state index contributed by atoms with van der Waals surface area (Å²) in [6.07, 6.45) is 6.86. The van der Waals surface area contributed by atoms with Gasteiger partial charge in [-0.3, -0.25) is 4.90 Å². The average molecular weight is 271 g/mol. The summed E-state index contributed by atoms with van der Waals surface area (Å²) in [6.45, 7) is 4.00. The maximum Gasteiger partial charge on any atom is 0.155 e. The maximum atomic E-state index is 6.14. The fraction of sp³-hybridized carbons (Fsp3) is 0.600. The van der Waals surface area contributed by atoms with Gasteiger partial charge in [0.15, 0.2) is 5.65 Å². The van der Waals surface area contributed by atoms with E-state index in [9.17, 15) is 0 Å². The summed E-state index contributed by atoms with van der Waals surface area (Å²) >= 11 is 0. The van der Waals surface area contributed by atoms with Crippen LogP contribution in [0.4, 0.5) is 0 Å². The van der Waals surface area contributed by atoms with Gasteiger partial charge in [0.05, 0.1) is 11.4 Å². The number of nitrogens with two attached hydrogens (primary N) is 1. The summed E-state index contributed by atoms with van der Waals surface area (Å²) in [7, 11) is 0. The molecule has 0 radical (unpaired) electrons. The largest absolute Gasteiger partial charge is 0.328 e. The molecule has 0 spiro atoms. The molecule has 1 saturated carbocycles. The van der Waals surface area contributed by atoms with Gasteiger partial charge in [0.1, 0.15) is 0 Å². The molecule has 4 rings (SSSR count). The Bertz CT molecular complexity index is 647. The second-order valence-corrected chi connectivity index (χ2v) is 6.27. The van der Waals surface area contributed by atoms with E-state index in [4.69, 9.17) is 5.73 Å². The third-order valence-corrected chi connectivity index (χ3v) is 4.72. The number of hydrogen-bond acceptors (Lipinski definition) is 4. The van der Waals surface area contributed by atoms with Gasteiger partial charge in [-0.25, -0.2) is 9.50 Å². The Labute approximate surface area is 118 Å². The van der Waals surface area contributed by atoms with Crippen molar-refractivity contribution in [2.75, 3.05) is 0 Å². The van der Waals surface area contributed by atoms with E-state index < -0.39 is 0 Å². The van der Waals surface area contributed by atoms with Crippen LogP contribution < -0.4 is 5.73 Å². The first-order valence-electron chi connectivity index (χ1n) is 7.53. The van der Waals surface area contributed by atoms with E-state index in [0.717, 1.165) is 30.9 Å². The molecule has 2 atom stereocenters. The molecule has 2 unspecified atom stereocenters. The number of aryl methyl sites for hydroxylation is 1. The molecule has 5 heteroatoms. The molecule has 1 aliphatic carbocycles. The smallest absolute Gasteiger partial charge is 0.155 e. The van der Waals surface area contributed by atoms with Crippen LogP contribution in [-0.2, 0) is 13.1 Å². The quantitative estimate of drug-likeness (QED) is 0.856. The molecule has 0 aromatic carbocycles. The fourth-order valence-electron chi connectivity index (χ4n) is 3.69. The monoisotopic (exact) mass is 271 g/mol. The topological polar surface area (TPSA) is 59.5 Å². The number of aromatic nitrogens is 3. The molecule has 0 amide bonds. The Hall–Kier alpha value is -1.46. The molecule has 0 bridgehead atoms. The minimum Gasteiger partial charge on any atom is -0.328 e. The number of hydrogen-bond donors (Lipinski definition) is 1. The normalized spacial score (nSPS) is 27.1. The molecule has 2 aromatic heterocycles. The Morgan fingerprint density at radius 3 is 3.05 bits per heavy atom. The standard InChI is InChI=1S/C15H21N5/c1-10-5-15-17-7-11-8-19(9-14(11)20(15)18-10)13-4-2-3-12(16)6-13/h5,7,12-13H,2-4,6,8-9,16H2,1H3. The van der Waals surface area contributed by atoms with Crippen molar-refractivity contribution >= 4 is 5.65 Å². The van der Waals surface area contributed by atoms with Crippen molar-refractivity contribution in [3.05, 3.63) is 29.2 Å². The highest BCUT2D eigenvalue weighted by Gasteiger charge is 2.31. The van der Waals surface area contributed by atoms with Crippen molar-refractivity contribution in [3.8, 4) is 0 Å². The molecular weight excluding hydrogens is 250 g/mol. The van der Waals surface area contributed by atoms with Gasteiger partial charge >= 0.3 is 0 Å². The Balaban J connectivity index is 1.64. The van der Waals surface area contributed by atoms with Gasteiger partial charge in [-0.15, -0.1) is 0 Å². The van der Waals surface area contributed by atoms with Crippen LogP contribution in [0, 0.1) is 6.92 Å². The zero-order chi connectivity index (χ0) is 13.7. The van der Waals surface area contributed by atoms with E-state index in [1.165, 1.54) is 30.5 Å². The first kappa shape index (κ1) is 12.3. The van der Waals surface area contributed by atoms with Crippen molar-refractivity contribution < 1.29 is 0 Å². The summed E-state index contributed by atoms with van der Waals surface area (Å²) in [5, 5.41) is 4.58. The predicted octanol–water partition coefficient (Wildman–Crippen LogP) is 1.62. The summed E-state index contributed by atoms with van der Waals surface area (Å²) in [6, 6.07) is 3.04. The summed E-state index contributed by atoms with van der Waals surface area (Å²) < 4.78 is 2.02. The van der Waals surface area contributed by atoms with Crippen LogP contribution in [0.2, 0.25) is 0 Å². The molecule has 1 fully saturated rings. The highest BCUT2D eigenvalue weighted by atomic mass is 15.3. The molecule has 2 aliphatic rings. The van der Waals surface area contributed by atoms with Gasteiger partial charge in [0.25, 0.3) is 0 Å². The SMILES string of the molecule is Cc1cc2ncc3c(n2n1)CN(C1CCCC(N)C1)C3. The molecule has 1 aliphatic heterocycles. The minimum atomic E-state index is 0.377. The van der Waals surface area contributed by atoms with Crippen LogP contribution in [-0.4, -0.2) is 31.6 Å². The Morgan fingerprint density at radius 1 is 1.30 bits per heavy atom. The lowest BCUT2D eigenvalue weighted by atomic mass is 9.91. The maximum absolute atomic E-state index is 6.14. The van der Waals surface area contributed by atoms with Gasteiger partial charge in [-0.05, 0) is 26.2 Å². The van der Waals surface area contributed by atoms with Crippen molar-refractivity contribution in [3.63, 3.8) is 0 Å². The lowest BCUT2D eigenvalue weighted by molar-refractivity contribution is 0.146. The number of rotatable bonds is 1. The zero-order valence-corrected chi connectivity index (χ0v) is 11.9. The molecular formula is C15H21N5. The van der Waals surface area contributed by atoms with E-state index >= 15 is 0 Å². The van der Waals surface area contributed by atoms with Crippen molar-refractivity contribution in [1.29, 1.82) is 0 Å². The second kappa shape index (κ2) is 4.53. The number of fused-ring (bicyclic) bond motifs is 3. The highest BCUT2D eigenvalue weighted by molar-refractivity contribution is 5.42. The van der Waals surface area contributed by atoms with E-state index in [1.807, 2.05) is 23.7 Å².